The van der Waals surface area contributed by atoms with E-state index in [2.05, 4.69) is 5.43 Å². The zero-order valence-electron chi connectivity index (χ0n) is 17.9. The third-order valence-electron chi connectivity index (χ3n) is 4.51. The molecule has 0 radical (unpaired) electrons. The Bertz CT molecular complexity index is 940. The maximum Gasteiger partial charge on any atom is 0.275 e. The van der Waals surface area contributed by atoms with Crippen LogP contribution in [0.5, 0.6) is 11.5 Å². The fourth-order valence-electron chi connectivity index (χ4n) is 3.36. The number of carbonyl (C=O) groups is 2. The van der Waals surface area contributed by atoms with E-state index in [4.69, 9.17) is 9.47 Å². The summed E-state index contributed by atoms with van der Waals surface area (Å²) in [6, 6.07) is 8.96. The molecule has 0 aromatic heterocycles. The summed E-state index contributed by atoms with van der Waals surface area (Å²) in [7, 11) is 0. The van der Waals surface area contributed by atoms with Gasteiger partial charge in [-0.1, -0.05) is 17.2 Å². The predicted molar refractivity (Wildman–Crippen MR) is 111 cm³/mol. The van der Waals surface area contributed by atoms with Gasteiger partial charge in [0.1, 0.15) is 13.2 Å². The lowest BCUT2D eigenvalue weighted by molar-refractivity contribution is 0.0451. The normalized spacial score (nSPS) is 13.2. The second-order valence-corrected chi connectivity index (χ2v) is 8.45. The highest BCUT2D eigenvalue weighted by Crippen LogP contribution is 2.35. The Morgan fingerprint density at radius 3 is 2.17 bits per heavy atom. The maximum absolute atomic E-state index is 13.5. The van der Waals surface area contributed by atoms with E-state index >= 15 is 0 Å². The Hall–Kier alpha value is -2.86. The molecule has 0 aliphatic carbocycles. The minimum absolute atomic E-state index is 0.392. The number of hydrogen-bond donors (Lipinski definition) is 1. The van der Waals surface area contributed by atoms with Crippen LogP contribution >= 0.6 is 0 Å². The molecule has 0 bridgehead atoms. The molecule has 1 N–H and O–H groups in total. The van der Waals surface area contributed by atoms with E-state index in [9.17, 15) is 9.59 Å². The van der Waals surface area contributed by atoms with E-state index in [1.807, 2.05) is 40.7 Å². The summed E-state index contributed by atoms with van der Waals surface area (Å²) in [6.45, 7) is 12.3. The zero-order chi connectivity index (χ0) is 21.3. The van der Waals surface area contributed by atoms with Gasteiger partial charge in [-0.15, -0.1) is 0 Å². The second kappa shape index (κ2) is 7.87. The highest BCUT2D eigenvalue weighted by Gasteiger charge is 2.31. The SMILES string of the molecule is Cc1cc(C)cc(C(=O)N(NC(C)(C)C)C(=O)c2ccc3c(c2C)OCCO3)c1. The molecule has 0 fully saturated rings. The molecular formula is C23H28N2O4. The second-order valence-electron chi connectivity index (χ2n) is 8.45. The molecule has 3 rings (SSSR count). The molecule has 2 aromatic rings. The van der Waals surface area contributed by atoms with Crippen LogP contribution in [0.2, 0.25) is 0 Å². The number of carbonyl (C=O) groups excluding carboxylic acids is 2. The maximum atomic E-state index is 13.5. The van der Waals surface area contributed by atoms with Crippen LogP contribution < -0.4 is 14.9 Å². The number of imide groups is 1. The summed E-state index contributed by atoms with van der Waals surface area (Å²) in [5.74, 6) is 0.336. The van der Waals surface area contributed by atoms with E-state index < -0.39 is 17.4 Å². The molecule has 0 saturated carbocycles. The van der Waals surface area contributed by atoms with E-state index in [-0.39, 0.29) is 0 Å². The van der Waals surface area contributed by atoms with E-state index in [1.165, 1.54) is 0 Å². The lowest BCUT2D eigenvalue weighted by Crippen LogP contribution is -2.55. The number of rotatable bonds is 3. The first-order chi connectivity index (χ1) is 13.6. The molecule has 1 aliphatic rings. The molecule has 0 atom stereocenters. The van der Waals surface area contributed by atoms with Gasteiger partial charge in [0.25, 0.3) is 11.8 Å². The van der Waals surface area contributed by atoms with Crippen LogP contribution in [-0.4, -0.2) is 35.6 Å². The van der Waals surface area contributed by atoms with Crippen molar-refractivity contribution >= 4 is 11.8 Å². The Morgan fingerprint density at radius 2 is 1.55 bits per heavy atom. The smallest absolute Gasteiger partial charge is 0.275 e. The summed E-state index contributed by atoms with van der Waals surface area (Å²) >= 11 is 0. The quantitative estimate of drug-likeness (QED) is 0.628. The van der Waals surface area contributed by atoms with Crippen LogP contribution in [0.4, 0.5) is 0 Å². The summed E-state index contributed by atoms with van der Waals surface area (Å²) < 4.78 is 11.3. The van der Waals surface area contributed by atoms with Crippen LogP contribution in [0.1, 0.15) is 58.2 Å². The number of amides is 2. The van der Waals surface area contributed by atoms with Gasteiger partial charge in [0, 0.05) is 22.2 Å². The molecule has 1 aliphatic heterocycles. The Morgan fingerprint density at radius 1 is 0.931 bits per heavy atom. The van der Waals surface area contributed by atoms with Crippen molar-refractivity contribution in [3.8, 4) is 11.5 Å². The number of hydrogen-bond acceptors (Lipinski definition) is 5. The van der Waals surface area contributed by atoms with Crippen molar-refractivity contribution in [1.29, 1.82) is 0 Å². The summed E-state index contributed by atoms with van der Waals surface area (Å²) in [5, 5.41) is 1.10. The third-order valence-corrected chi connectivity index (χ3v) is 4.51. The number of hydrazine groups is 1. The summed E-state index contributed by atoms with van der Waals surface area (Å²) in [5.41, 5.74) is 6.00. The lowest BCUT2D eigenvalue weighted by Gasteiger charge is -2.31. The number of ether oxygens (including phenoxy) is 2. The first-order valence-electron chi connectivity index (χ1n) is 9.71. The summed E-state index contributed by atoms with van der Waals surface area (Å²) in [4.78, 5) is 26.8. The van der Waals surface area contributed by atoms with Crippen molar-refractivity contribution in [3.05, 3.63) is 58.1 Å². The molecular weight excluding hydrogens is 368 g/mol. The van der Waals surface area contributed by atoms with Crippen LogP contribution in [-0.2, 0) is 0 Å². The molecule has 0 spiro atoms. The highest BCUT2D eigenvalue weighted by atomic mass is 16.6. The zero-order valence-corrected chi connectivity index (χ0v) is 17.9. The van der Waals surface area contributed by atoms with Gasteiger partial charge in [-0.05, 0) is 65.8 Å². The first kappa shape index (κ1) is 20.9. The number of benzene rings is 2. The van der Waals surface area contributed by atoms with Crippen molar-refractivity contribution in [2.75, 3.05) is 13.2 Å². The molecule has 2 aromatic carbocycles. The molecule has 0 unspecified atom stereocenters. The van der Waals surface area contributed by atoms with Gasteiger partial charge in [-0.3, -0.25) is 9.59 Å². The number of nitrogens with zero attached hydrogens (tertiary/aromatic N) is 1. The van der Waals surface area contributed by atoms with Gasteiger partial charge >= 0.3 is 0 Å². The van der Waals surface area contributed by atoms with E-state index in [0.29, 0.717) is 41.4 Å². The van der Waals surface area contributed by atoms with Crippen molar-refractivity contribution in [1.82, 2.24) is 10.4 Å². The topological polar surface area (TPSA) is 67.9 Å². The molecule has 2 amide bonds. The Labute approximate surface area is 171 Å². The Balaban J connectivity index is 2.03. The van der Waals surface area contributed by atoms with Gasteiger partial charge in [0.05, 0.1) is 0 Å². The number of fused-ring (bicyclic) bond motifs is 1. The van der Waals surface area contributed by atoms with Gasteiger partial charge < -0.3 is 9.47 Å². The average Bonchev–Trinajstić information content (AvgIpc) is 2.64. The monoisotopic (exact) mass is 396 g/mol. The van der Waals surface area contributed by atoms with Crippen molar-refractivity contribution in [2.45, 2.75) is 47.1 Å². The van der Waals surface area contributed by atoms with Gasteiger partial charge in [0.2, 0.25) is 0 Å². The van der Waals surface area contributed by atoms with Crippen molar-refractivity contribution in [2.24, 2.45) is 0 Å². The van der Waals surface area contributed by atoms with Crippen LogP contribution in [0.3, 0.4) is 0 Å². The van der Waals surface area contributed by atoms with Gasteiger partial charge in [-0.2, -0.15) is 0 Å². The molecule has 1 heterocycles. The number of nitrogens with one attached hydrogen (secondary N) is 1. The minimum Gasteiger partial charge on any atom is -0.486 e. The molecule has 6 heteroatoms. The lowest BCUT2D eigenvalue weighted by atomic mass is 10.0. The van der Waals surface area contributed by atoms with Gasteiger partial charge in [-0.25, -0.2) is 10.4 Å². The fourth-order valence-corrected chi connectivity index (χ4v) is 3.36. The van der Waals surface area contributed by atoms with E-state index in [0.717, 1.165) is 16.1 Å². The van der Waals surface area contributed by atoms with Crippen LogP contribution in [0.15, 0.2) is 30.3 Å². The molecule has 29 heavy (non-hydrogen) atoms. The third kappa shape index (κ3) is 4.59. The minimum atomic E-state index is -0.494. The van der Waals surface area contributed by atoms with E-state index in [1.54, 1.807) is 31.2 Å². The predicted octanol–water partition coefficient (Wildman–Crippen LogP) is 3.97. The first-order valence-corrected chi connectivity index (χ1v) is 9.71. The molecule has 154 valence electrons. The Kier molecular flexibility index (Phi) is 5.66. The largest absolute Gasteiger partial charge is 0.486 e. The fraction of sp³-hybridized carbons (Fsp3) is 0.391. The average molecular weight is 396 g/mol. The summed E-state index contributed by atoms with van der Waals surface area (Å²) in [6.07, 6.45) is 0. The number of aryl methyl sites for hydroxylation is 2. The highest BCUT2D eigenvalue weighted by molar-refractivity contribution is 6.10. The van der Waals surface area contributed by atoms with Gasteiger partial charge in [0.15, 0.2) is 11.5 Å². The molecule has 0 saturated heterocycles. The van der Waals surface area contributed by atoms with Crippen LogP contribution in [0.25, 0.3) is 0 Å². The van der Waals surface area contributed by atoms with Crippen molar-refractivity contribution < 1.29 is 19.1 Å². The standard InChI is InChI=1S/C23H28N2O4/c1-14-11-15(2)13-17(12-14)21(26)25(24-23(4,5)6)22(27)18-7-8-19-20(16(18)3)29-10-9-28-19/h7-8,11-13,24H,9-10H2,1-6H3. The van der Waals surface area contributed by atoms with Crippen molar-refractivity contribution in [3.63, 3.8) is 0 Å². The van der Waals surface area contributed by atoms with Crippen LogP contribution in [0, 0.1) is 20.8 Å². The molecule has 6 nitrogen and oxygen atoms in total.